The lowest BCUT2D eigenvalue weighted by atomic mass is 10.2. The van der Waals surface area contributed by atoms with Crippen molar-refractivity contribution in [3.8, 4) is 5.75 Å². The van der Waals surface area contributed by atoms with Gasteiger partial charge in [-0.3, -0.25) is 9.59 Å². The van der Waals surface area contributed by atoms with E-state index in [-0.39, 0.29) is 23.6 Å². The first-order valence-electron chi connectivity index (χ1n) is 7.39. The number of hydrogen-bond donors (Lipinski definition) is 3. The number of carbonyl (C=O) groups excluding carboxylic acids is 2. The van der Waals surface area contributed by atoms with Gasteiger partial charge in [0.05, 0.1) is 12.0 Å². The Kier molecular flexibility index (Phi) is 6.08. The zero-order valence-electron chi connectivity index (χ0n) is 13.7. The third-order valence-electron chi connectivity index (χ3n) is 3.15. The summed E-state index contributed by atoms with van der Waals surface area (Å²) in [6, 6.07) is 7.67. The summed E-state index contributed by atoms with van der Waals surface area (Å²) in [6.45, 7) is 3.49. The topological polar surface area (TPSA) is 104 Å². The summed E-state index contributed by atoms with van der Waals surface area (Å²) in [5, 5.41) is 16.5. The van der Waals surface area contributed by atoms with Gasteiger partial charge >= 0.3 is 0 Å². The number of hydrogen-bond acceptors (Lipinski definition) is 5. The number of aryl methyl sites for hydroxylation is 1. The van der Waals surface area contributed by atoms with E-state index in [1.807, 2.05) is 13.0 Å². The molecule has 0 fully saturated rings. The van der Waals surface area contributed by atoms with Gasteiger partial charge in [0.25, 0.3) is 5.91 Å². The van der Waals surface area contributed by atoms with E-state index in [9.17, 15) is 14.7 Å². The maximum Gasteiger partial charge on any atom is 0.275 e. The van der Waals surface area contributed by atoms with E-state index in [2.05, 4.69) is 20.8 Å². The quantitative estimate of drug-likeness (QED) is 0.563. The first kappa shape index (κ1) is 18.4. The molecule has 0 aliphatic heterocycles. The molecule has 0 aliphatic carbocycles. The summed E-state index contributed by atoms with van der Waals surface area (Å²) < 4.78 is 0. The van der Waals surface area contributed by atoms with Crippen molar-refractivity contribution >= 4 is 34.9 Å². The van der Waals surface area contributed by atoms with Crippen molar-refractivity contribution in [1.29, 1.82) is 0 Å². The van der Waals surface area contributed by atoms with E-state index in [0.717, 1.165) is 5.56 Å². The Morgan fingerprint density at radius 1 is 1.28 bits per heavy atom. The molecular weight excluding hydrogens is 344 g/mol. The number of amides is 2. The SMILES string of the molecule is C/C(CC(=O)Nc1cc(C)ccn1)=N\NC(=O)c1cc(Cl)ccc1O. The van der Waals surface area contributed by atoms with Gasteiger partial charge in [-0.1, -0.05) is 11.6 Å². The van der Waals surface area contributed by atoms with Crippen LogP contribution in [-0.4, -0.2) is 27.6 Å². The molecule has 2 amide bonds. The lowest BCUT2D eigenvalue weighted by Gasteiger charge is -2.06. The van der Waals surface area contributed by atoms with E-state index >= 15 is 0 Å². The summed E-state index contributed by atoms with van der Waals surface area (Å²) in [5.41, 5.74) is 3.64. The highest BCUT2D eigenvalue weighted by Gasteiger charge is 2.12. The normalized spacial score (nSPS) is 11.1. The van der Waals surface area contributed by atoms with Crippen molar-refractivity contribution in [3.63, 3.8) is 0 Å². The number of nitrogens with zero attached hydrogens (tertiary/aromatic N) is 2. The van der Waals surface area contributed by atoms with Gasteiger partial charge in [0.2, 0.25) is 5.91 Å². The number of benzene rings is 1. The van der Waals surface area contributed by atoms with Gasteiger partial charge in [0.1, 0.15) is 11.6 Å². The first-order chi connectivity index (χ1) is 11.8. The molecule has 0 saturated heterocycles. The molecule has 1 aromatic heterocycles. The predicted molar refractivity (Wildman–Crippen MR) is 95.9 cm³/mol. The zero-order chi connectivity index (χ0) is 18.4. The molecule has 130 valence electrons. The van der Waals surface area contributed by atoms with Crippen LogP contribution in [0, 0.1) is 6.92 Å². The van der Waals surface area contributed by atoms with E-state index < -0.39 is 5.91 Å². The third-order valence-corrected chi connectivity index (χ3v) is 3.39. The van der Waals surface area contributed by atoms with Gasteiger partial charge in [0, 0.05) is 16.9 Å². The second-order valence-electron chi connectivity index (χ2n) is 5.39. The molecule has 3 N–H and O–H groups in total. The molecular formula is C17H17ClN4O3. The standard InChI is InChI=1S/C17H17ClN4O3/c1-10-5-6-19-15(7-10)20-16(24)8-11(2)21-22-17(25)13-9-12(18)3-4-14(13)23/h3-7,9,23H,8H2,1-2H3,(H,22,25)(H,19,20,24)/b21-11+. The Labute approximate surface area is 149 Å². The molecule has 0 radical (unpaired) electrons. The molecule has 2 aromatic rings. The average Bonchev–Trinajstić information content (AvgIpc) is 2.54. The number of halogens is 1. The molecule has 0 unspecified atom stereocenters. The van der Waals surface area contributed by atoms with Gasteiger partial charge in [-0.05, 0) is 49.7 Å². The van der Waals surface area contributed by atoms with E-state index in [4.69, 9.17) is 11.6 Å². The number of aromatic nitrogens is 1. The summed E-state index contributed by atoms with van der Waals surface area (Å²) in [7, 11) is 0. The highest BCUT2D eigenvalue weighted by Crippen LogP contribution is 2.21. The number of aromatic hydroxyl groups is 1. The van der Waals surface area contributed by atoms with Crippen molar-refractivity contribution in [1.82, 2.24) is 10.4 Å². The minimum atomic E-state index is -0.625. The highest BCUT2D eigenvalue weighted by atomic mass is 35.5. The molecule has 1 aromatic carbocycles. The lowest BCUT2D eigenvalue weighted by molar-refractivity contribution is -0.115. The molecule has 7 nitrogen and oxygen atoms in total. The van der Waals surface area contributed by atoms with Gasteiger partial charge in [-0.25, -0.2) is 10.4 Å². The highest BCUT2D eigenvalue weighted by molar-refractivity contribution is 6.31. The maximum atomic E-state index is 12.0. The molecule has 0 bridgehead atoms. The molecule has 25 heavy (non-hydrogen) atoms. The fourth-order valence-electron chi connectivity index (χ4n) is 1.96. The molecule has 0 spiro atoms. The third kappa shape index (κ3) is 5.58. The smallest absolute Gasteiger partial charge is 0.275 e. The van der Waals surface area contributed by atoms with Crippen LogP contribution >= 0.6 is 11.6 Å². The molecule has 0 atom stereocenters. The monoisotopic (exact) mass is 360 g/mol. The van der Waals surface area contributed by atoms with Crippen molar-refractivity contribution < 1.29 is 14.7 Å². The maximum absolute atomic E-state index is 12.0. The summed E-state index contributed by atoms with van der Waals surface area (Å²) in [4.78, 5) is 28.0. The second-order valence-corrected chi connectivity index (χ2v) is 5.83. The zero-order valence-corrected chi connectivity index (χ0v) is 14.5. The average molecular weight is 361 g/mol. The number of rotatable bonds is 5. The van der Waals surface area contributed by atoms with Crippen LogP contribution in [0.3, 0.4) is 0 Å². The van der Waals surface area contributed by atoms with Crippen LogP contribution in [0.5, 0.6) is 5.75 Å². The molecule has 1 heterocycles. The number of nitrogens with one attached hydrogen (secondary N) is 2. The van der Waals surface area contributed by atoms with Crippen LogP contribution < -0.4 is 10.7 Å². The number of phenolic OH excluding ortho intramolecular Hbond substituents is 1. The molecule has 2 rings (SSSR count). The van der Waals surface area contributed by atoms with Gasteiger partial charge in [0.15, 0.2) is 0 Å². The fourth-order valence-corrected chi connectivity index (χ4v) is 2.13. The van der Waals surface area contributed by atoms with E-state index in [1.165, 1.54) is 18.2 Å². The summed E-state index contributed by atoms with van der Waals surface area (Å²) in [5.74, 6) is -0.692. The van der Waals surface area contributed by atoms with Crippen LogP contribution in [0.25, 0.3) is 0 Å². The summed E-state index contributed by atoms with van der Waals surface area (Å²) in [6.07, 6.45) is 1.58. The Balaban J connectivity index is 1.93. The van der Waals surface area contributed by atoms with E-state index in [1.54, 1.807) is 19.2 Å². The summed E-state index contributed by atoms with van der Waals surface area (Å²) >= 11 is 5.79. The van der Waals surface area contributed by atoms with Gasteiger partial charge in [-0.2, -0.15) is 5.10 Å². The number of hydrazone groups is 1. The molecule has 0 aliphatic rings. The largest absolute Gasteiger partial charge is 0.507 e. The van der Waals surface area contributed by atoms with Crippen molar-refractivity contribution in [3.05, 3.63) is 52.7 Å². The van der Waals surface area contributed by atoms with Crippen LogP contribution in [0.4, 0.5) is 5.82 Å². The Hall–Kier alpha value is -2.93. The van der Waals surface area contributed by atoms with E-state index in [0.29, 0.717) is 16.6 Å². The number of carbonyl (C=O) groups is 2. The minimum Gasteiger partial charge on any atom is -0.507 e. The number of pyridine rings is 1. The predicted octanol–water partition coefficient (Wildman–Crippen LogP) is 2.88. The number of anilines is 1. The Morgan fingerprint density at radius 3 is 2.76 bits per heavy atom. The van der Waals surface area contributed by atoms with Gasteiger partial charge in [-0.15, -0.1) is 0 Å². The van der Waals surface area contributed by atoms with Crippen LogP contribution in [-0.2, 0) is 4.79 Å². The van der Waals surface area contributed by atoms with Crippen LogP contribution in [0.15, 0.2) is 41.6 Å². The second kappa shape index (κ2) is 8.25. The molecule has 0 saturated carbocycles. The fraction of sp³-hybridized carbons (Fsp3) is 0.176. The number of phenols is 1. The van der Waals surface area contributed by atoms with Crippen molar-refractivity contribution in [2.45, 2.75) is 20.3 Å². The van der Waals surface area contributed by atoms with Crippen molar-refractivity contribution in [2.75, 3.05) is 5.32 Å². The first-order valence-corrected chi connectivity index (χ1v) is 7.77. The van der Waals surface area contributed by atoms with Gasteiger partial charge < -0.3 is 10.4 Å². The Bertz CT molecular complexity index is 836. The lowest BCUT2D eigenvalue weighted by Crippen LogP contribution is -2.21. The van der Waals surface area contributed by atoms with Crippen molar-refractivity contribution in [2.24, 2.45) is 5.10 Å². The minimum absolute atomic E-state index is 0.00235. The Morgan fingerprint density at radius 2 is 2.04 bits per heavy atom. The van der Waals surface area contributed by atoms with Crippen LogP contribution in [0.2, 0.25) is 5.02 Å². The molecule has 8 heteroatoms. The van der Waals surface area contributed by atoms with Crippen LogP contribution in [0.1, 0.15) is 29.3 Å².